The van der Waals surface area contributed by atoms with Crippen LogP contribution in [0.2, 0.25) is 0 Å². The van der Waals surface area contributed by atoms with E-state index in [1.165, 1.54) is 5.69 Å². The molecule has 0 aliphatic carbocycles. The average Bonchev–Trinajstić information content (AvgIpc) is 2.93. The zero-order valence-electron chi connectivity index (χ0n) is 11.3. The van der Waals surface area contributed by atoms with Crippen molar-refractivity contribution in [1.82, 2.24) is 24.9 Å². The van der Waals surface area contributed by atoms with Gasteiger partial charge in [-0.05, 0) is 12.1 Å². The largest absolute Gasteiger partial charge is 0.309 e. The van der Waals surface area contributed by atoms with Crippen LogP contribution in [-0.2, 0) is 26.6 Å². The van der Waals surface area contributed by atoms with Crippen molar-refractivity contribution >= 4 is 0 Å². The van der Waals surface area contributed by atoms with Gasteiger partial charge in [0.1, 0.15) is 0 Å². The smallest absolute Gasteiger partial charge is 0.0762 e. The van der Waals surface area contributed by atoms with E-state index in [2.05, 4.69) is 35.4 Å². The van der Waals surface area contributed by atoms with Crippen LogP contribution in [-0.4, -0.2) is 25.6 Å². The molecule has 5 nitrogen and oxygen atoms in total. The van der Waals surface area contributed by atoms with E-state index in [-0.39, 0.29) is 0 Å². The summed E-state index contributed by atoms with van der Waals surface area (Å²) < 4.78 is 3.90. The normalized spacial score (nSPS) is 11.3. The topological polar surface area (TPSA) is 47.7 Å². The van der Waals surface area contributed by atoms with Crippen molar-refractivity contribution in [2.45, 2.75) is 39.4 Å². The van der Waals surface area contributed by atoms with Crippen molar-refractivity contribution in [2.24, 2.45) is 7.05 Å². The third-order valence-electron chi connectivity index (χ3n) is 2.91. The van der Waals surface area contributed by atoms with Crippen LogP contribution in [0.1, 0.15) is 25.2 Å². The van der Waals surface area contributed by atoms with Crippen LogP contribution in [0.25, 0.3) is 0 Å². The van der Waals surface area contributed by atoms with Crippen LogP contribution in [0.15, 0.2) is 24.5 Å². The first-order valence-electron chi connectivity index (χ1n) is 6.38. The molecular weight excluding hydrogens is 226 g/mol. The highest BCUT2D eigenvalue weighted by atomic mass is 15.3. The molecule has 2 rings (SSSR count). The van der Waals surface area contributed by atoms with Crippen LogP contribution in [0.5, 0.6) is 0 Å². The van der Waals surface area contributed by atoms with Crippen LogP contribution >= 0.6 is 0 Å². The van der Waals surface area contributed by atoms with Gasteiger partial charge in [-0.15, -0.1) is 0 Å². The maximum absolute atomic E-state index is 4.54. The molecule has 18 heavy (non-hydrogen) atoms. The Labute approximate surface area is 108 Å². The second kappa shape index (κ2) is 5.82. The fourth-order valence-corrected chi connectivity index (χ4v) is 1.81. The van der Waals surface area contributed by atoms with E-state index < -0.39 is 0 Å². The monoisotopic (exact) mass is 247 g/mol. The van der Waals surface area contributed by atoms with E-state index in [1.54, 1.807) is 0 Å². The van der Waals surface area contributed by atoms with Crippen molar-refractivity contribution in [1.29, 1.82) is 0 Å². The van der Waals surface area contributed by atoms with Crippen molar-refractivity contribution in [3.63, 3.8) is 0 Å². The van der Waals surface area contributed by atoms with Gasteiger partial charge in [-0.3, -0.25) is 9.36 Å². The molecule has 0 amide bonds. The number of aryl methyl sites for hydroxylation is 3. The molecule has 0 saturated heterocycles. The number of hydrogen-bond acceptors (Lipinski definition) is 3. The Balaban J connectivity index is 1.85. The van der Waals surface area contributed by atoms with Gasteiger partial charge in [0, 0.05) is 50.7 Å². The van der Waals surface area contributed by atoms with Gasteiger partial charge in [-0.1, -0.05) is 13.8 Å². The van der Waals surface area contributed by atoms with Gasteiger partial charge in [0.2, 0.25) is 0 Å². The van der Waals surface area contributed by atoms with E-state index in [0.29, 0.717) is 6.04 Å². The Kier molecular flexibility index (Phi) is 4.15. The van der Waals surface area contributed by atoms with Gasteiger partial charge >= 0.3 is 0 Å². The van der Waals surface area contributed by atoms with E-state index in [0.717, 1.165) is 25.2 Å². The lowest BCUT2D eigenvalue weighted by Gasteiger charge is -2.05. The maximum Gasteiger partial charge on any atom is 0.0762 e. The second-order valence-electron chi connectivity index (χ2n) is 4.80. The Morgan fingerprint density at radius 2 is 2.17 bits per heavy atom. The highest BCUT2D eigenvalue weighted by molar-refractivity contribution is 5.01. The number of rotatable bonds is 6. The molecule has 0 aromatic carbocycles. The Morgan fingerprint density at radius 3 is 2.83 bits per heavy atom. The summed E-state index contributed by atoms with van der Waals surface area (Å²) in [6, 6.07) is 4.60. The zero-order valence-corrected chi connectivity index (χ0v) is 11.3. The summed E-state index contributed by atoms with van der Waals surface area (Å²) in [6.45, 7) is 6.00. The van der Waals surface area contributed by atoms with Crippen molar-refractivity contribution < 1.29 is 0 Å². The highest BCUT2D eigenvalue weighted by Crippen LogP contribution is 2.01. The number of hydrogen-bond donors (Lipinski definition) is 1. The summed E-state index contributed by atoms with van der Waals surface area (Å²) in [7, 11) is 1.97. The molecule has 2 aromatic rings. The molecule has 98 valence electrons. The van der Waals surface area contributed by atoms with Crippen LogP contribution < -0.4 is 5.32 Å². The van der Waals surface area contributed by atoms with E-state index in [9.17, 15) is 0 Å². The summed E-state index contributed by atoms with van der Waals surface area (Å²) in [6.07, 6.45) is 4.82. The van der Waals surface area contributed by atoms with Crippen molar-refractivity contribution in [2.75, 3.05) is 0 Å². The van der Waals surface area contributed by atoms with Crippen molar-refractivity contribution in [3.8, 4) is 0 Å². The Morgan fingerprint density at radius 1 is 1.33 bits per heavy atom. The molecule has 2 heterocycles. The van der Waals surface area contributed by atoms with E-state index in [4.69, 9.17) is 0 Å². The molecule has 0 aliphatic rings. The SMILES string of the molecule is CC(C)NCc1ccn(CCc2ccnn2C)n1. The Bertz CT molecular complexity index is 483. The van der Waals surface area contributed by atoms with E-state index in [1.807, 2.05) is 34.9 Å². The van der Waals surface area contributed by atoms with E-state index >= 15 is 0 Å². The summed E-state index contributed by atoms with van der Waals surface area (Å²) in [5.41, 5.74) is 2.32. The minimum Gasteiger partial charge on any atom is -0.309 e. The first-order valence-corrected chi connectivity index (χ1v) is 6.38. The lowest BCUT2D eigenvalue weighted by molar-refractivity contribution is 0.551. The van der Waals surface area contributed by atoms with Crippen LogP contribution in [0, 0.1) is 0 Å². The molecule has 0 unspecified atom stereocenters. The van der Waals surface area contributed by atoms with Gasteiger partial charge in [-0.2, -0.15) is 10.2 Å². The van der Waals surface area contributed by atoms with Gasteiger partial charge in [-0.25, -0.2) is 0 Å². The van der Waals surface area contributed by atoms with Gasteiger partial charge in [0.15, 0.2) is 0 Å². The third-order valence-corrected chi connectivity index (χ3v) is 2.91. The molecule has 0 atom stereocenters. The first kappa shape index (κ1) is 12.8. The van der Waals surface area contributed by atoms with Crippen molar-refractivity contribution in [3.05, 3.63) is 35.9 Å². The molecule has 0 spiro atoms. The molecule has 0 aliphatic heterocycles. The summed E-state index contributed by atoms with van der Waals surface area (Å²) >= 11 is 0. The maximum atomic E-state index is 4.54. The predicted octanol–water partition coefficient (Wildman–Crippen LogP) is 1.36. The van der Waals surface area contributed by atoms with Gasteiger partial charge < -0.3 is 5.32 Å². The number of aromatic nitrogens is 4. The van der Waals surface area contributed by atoms with Crippen LogP contribution in [0.4, 0.5) is 0 Å². The molecule has 2 aromatic heterocycles. The molecular formula is C13H21N5. The zero-order chi connectivity index (χ0) is 13.0. The summed E-state index contributed by atoms with van der Waals surface area (Å²) in [4.78, 5) is 0. The molecule has 0 radical (unpaired) electrons. The highest BCUT2D eigenvalue weighted by Gasteiger charge is 2.02. The fraction of sp³-hybridized carbons (Fsp3) is 0.538. The third kappa shape index (κ3) is 3.43. The van der Waals surface area contributed by atoms with Gasteiger partial charge in [0.05, 0.1) is 5.69 Å². The first-order chi connectivity index (χ1) is 8.65. The fourth-order valence-electron chi connectivity index (χ4n) is 1.81. The molecule has 1 N–H and O–H groups in total. The minimum atomic E-state index is 0.490. The number of nitrogens with zero attached hydrogens (tertiary/aromatic N) is 4. The molecule has 0 bridgehead atoms. The predicted molar refractivity (Wildman–Crippen MR) is 71.1 cm³/mol. The number of nitrogens with one attached hydrogen (secondary N) is 1. The minimum absolute atomic E-state index is 0.490. The second-order valence-corrected chi connectivity index (χ2v) is 4.80. The molecule has 5 heteroatoms. The quantitative estimate of drug-likeness (QED) is 0.838. The average molecular weight is 247 g/mol. The molecule has 0 fully saturated rings. The lowest BCUT2D eigenvalue weighted by Crippen LogP contribution is -2.22. The Hall–Kier alpha value is -1.62. The van der Waals surface area contributed by atoms with Crippen LogP contribution in [0.3, 0.4) is 0 Å². The molecule has 0 saturated carbocycles. The standard InChI is InChI=1S/C13H21N5/c1-11(2)14-10-12-5-8-18(16-12)9-6-13-4-7-15-17(13)3/h4-5,7-8,11,14H,6,9-10H2,1-3H3. The summed E-state index contributed by atoms with van der Waals surface area (Å²) in [5, 5.41) is 12.1. The summed E-state index contributed by atoms with van der Waals surface area (Å²) in [5.74, 6) is 0. The van der Waals surface area contributed by atoms with Gasteiger partial charge in [0.25, 0.3) is 0 Å². The lowest BCUT2D eigenvalue weighted by atomic mass is 10.3.